The number of hydrogen-bond donors (Lipinski definition) is 0. The third kappa shape index (κ3) is 27.7. The Bertz CT molecular complexity index is 2650. The molecule has 0 atom stereocenters. The van der Waals surface area contributed by atoms with Gasteiger partial charge in [-0.15, -0.1) is 0 Å². The molecule has 22 heteroatoms. The standard InChI is InChI=1S/C11H16O3Si.C11H16O2Si.C11H12O2.C11H16OSi.C10H20O5Si.C10H20O4Si/c1-5-10-6-8-11(9-7-10)15(12-2,13-3)14-4;1-5-10-6-8-11(9-7-10)14(4,12-2)13-3;1-4-8-5-6-9-10(7-8)13-11(2,3)12-9;1-5-10-6-8-11(9-7-10)13(3,4)12-2;1-9(2)10(11)15-7-6-8-16(12-3,13-4)14-5;1-9(2)10(11)14-7-6-8-15(5,12-3)13-4/h5-9H,1H2,2-4H3;5-9H,1H2,2-4H3;4-7H,1H2,2-3H3;5-9H,1H2,2-4H3;1,6-8H2,2-5H3;1,6-8H2,2-5H3. The summed E-state index contributed by atoms with van der Waals surface area (Å²) in [6.45, 7) is 37.9. The van der Waals surface area contributed by atoms with Crippen molar-refractivity contribution in [1.82, 2.24) is 0 Å². The highest BCUT2D eigenvalue weighted by molar-refractivity contribution is 6.84. The number of hydrogen-bond acceptors (Lipinski definition) is 17. The van der Waals surface area contributed by atoms with Crippen molar-refractivity contribution >= 4 is 94.9 Å². The van der Waals surface area contributed by atoms with Crippen LogP contribution in [0.25, 0.3) is 24.3 Å². The first kappa shape index (κ1) is 80.5. The van der Waals surface area contributed by atoms with Crippen LogP contribution in [0, 0.1) is 0 Å². The molecule has 0 amide bonds. The molecule has 5 rings (SSSR count). The molecule has 86 heavy (non-hydrogen) atoms. The highest BCUT2D eigenvalue weighted by atomic mass is 28.4. The topological polar surface area (TPSA) is 173 Å². The van der Waals surface area contributed by atoms with Crippen LogP contribution in [0.2, 0.25) is 38.3 Å². The molecule has 0 fully saturated rings. The van der Waals surface area contributed by atoms with Crippen molar-refractivity contribution in [3.8, 4) is 11.5 Å². The van der Waals surface area contributed by atoms with E-state index >= 15 is 0 Å². The Morgan fingerprint density at radius 2 is 0.814 bits per heavy atom. The van der Waals surface area contributed by atoms with E-state index in [9.17, 15) is 9.59 Å². The first-order valence-corrected chi connectivity index (χ1v) is 39.0. The second-order valence-corrected chi connectivity index (χ2v) is 37.0. The first-order chi connectivity index (χ1) is 40.5. The van der Waals surface area contributed by atoms with Crippen LogP contribution in [0.4, 0.5) is 0 Å². The third-order valence-electron chi connectivity index (χ3n) is 13.4. The summed E-state index contributed by atoms with van der Waals surface area (Å²) in [5.41, 5.74) is 5.19. The van der Waals surface area contributed by atoms with Crippen LogP contribution < -0.4 is 25.0 Å². The van der Waals surface area contributed by atoms with Gasteiger partial charge in [0.1, 0.15) is 0 Å². The highest BCUT2D eigenvalue weighted by Gasteiger charge is 2.41. The zero-order chi connectivity index (χ0) is 65.8. The molecule has 0 unspecified atom stereocenters. The van der Waals surface area contributed by atoms with Crippen LogP contribution in [-0.4, -0.2) is 152 Å². The van der Waals surface area contributed by atoms with E-state index in [1.165, 1.54) is 5.19 Å². The fourth-order valence-electron chi connectivity index (χ4n) is 7.27. The lowest BCUT2D eigenvalue weighted by atomic mass is 10.2. The molecule has 0 saturated carbocycles. The Labute approximate surface area is 520 Å². The molecule has 0 aliphatic carbocycles. The number of rotatable bonds is 28. The van der Waals surface area contributed by atoms with E-state index in [4.69, 9.17) is 67.6 Å². The van der Waals surface area contributed by atoms with Gasteiger partial charge >= 0.3 is 46.7 Å². The lowest BCUT2D eigenvalue weighted by molar-refractivity contribution is -0.139. The largest absolute Gasteiger partial charge is 0.536 e. The molecule has 4 aromatic carbocycles. The highest BCUT2D eigenvalue weighted by Crippen LogP contribution is 2.39. The van der Waals surface area contributed by atoms with Crippen LogP contribution in [-0.2, 0) is 67.7 Å². The van der Waals surface area contributed by atoms with E-state index in [-0.39, 0.29) is 11.9 Å². The minimum atomic E-state index is -2.66. The van der Waals surface area contributed by atoms with Crippen LogP contribution in [0.3, 0.4) is 0 Å². The number of carbonyl (C=O) groups is 2. The fraction of sp³-hybridized carbons (Fsp3) is 0.406. The summed E-state index contributed by atoms with van der Waals surface area (Å²) in [7, 11) is 6.95. The smallest absolute Gasteiger partial charge is 0.462 e. The predicted molar refractivity (Wildman–Crippen MR) is 360 cm³/mol. The van der Waals surface area contributed by atoms with Crippen molar-refractivity contribution < 1.29 is 77.2 Å². The van der Waals surface area contributed by atoms with Gasteiger partial charge in [0.05, 0.1) is 13.2 Å². The summed E-state index contributed by atoms with van der Waals surface area (Å²) in [6.07, 6.45) is 8.64. The van der Waals surface area contributed by atoms with Gasteiger partial charge in [-0.2, -0.15) is 0 Å². The van der Waals surface area contributed by atoms with E-state index in [1.54, 1.807) is 104 Å². The van der Waals surface area contributed by atoms with Gasteiger partial charge in [0.15, 0.2) is 11.5 Å². The summed E-state index contributed by atoms with van der Waals surface area (Å²) < 4.78 is 79.8. The van der Waals surface area contributed by atoms with Crippen molar-refractivity contribution in [3.05, 3.63) is 164 Å². The predicted octanol–water partition coefficient (Wildman–Crippen LogP) is 11.8. The van der Waals surface area contributed by atoms with Crippen LogP contribution in [0.5, 0.6) is 11.5 Å². The second kappa shape index (κ2) is 40.9. The maximum atomic E-state index is 11.1. The summed E-state index contributed by atoms with van der Waals surface area (Å²) >= 11 is 0. The lowest BCUT2D eigenvalue weighted by Gasteiger charge is -2.24. The summed E-state index contributed by atoms with van der Waals surface area (Å²) in [6, 6.07) is 31.6. The number of ether oxygens (including phenoxy) is 4. The van der Waals surface area contributed by atoms with Crippen LogP contribution >= 0.6 is 0 Å². The number of esters is 2. The van der Waals surface area contributed by atoms with Crippen molar-refractivity contribution in [2.75, 3.05) is 91.4 Å². The average molecular weight is 1280 g/mol. The summed E-state index contributed by atoms with van der Waals surface area (Å²) in [5, 5.41) is 3.40. The molecule has 0 saturated heterocycles. The van der Waals surface area contributed by atoms with Gasteiger partial charge in [0.2, 0.25) is 14.1 Å². The van der Waals surface area contributed by atoms with Gasteiger partial charge in [0, 0.05) is 114 Å². The molecule has 0 radical (unpaired) electrons. The van der Waals surface area contributed by atoms with Gasteiger partial charge in [-0.1, -0.05) is 143 Å². The Kier molecular flexibility index (Phi) is 38.3. The molecule has 17 nitrogen and oxygen atoms in total. The Morgan fingerprint density at radius 3 is 1.15 bits per heavy atom. The normalized spacial score (nSPS) is 12.2. The average Bonchev–Trinajstić information content (AvgIpc) is 2.11. The number of benzene rings is 4. The molecule has 0 bridgehead atoms. The van der Waals surface area contributed by atoms with E-state index < -0.39 is 48.8 Å². The van der Waals surface area contributed by atoms with Gasteiger partial charge in [-0.25, -0.2) is 9.59 Å². The maximum Gasteiger partial charge on any atom is 0.536 e. The van der Waals surface area contributed by atoms with E-state index in [2.05, 4.69) is 76.8 Å². The lowest BCUT2D eigenvalue weighted by Crippen LogP contribution is -2.54. The number of carbonyl (C=O) groups excluding carboxylic acids is 2. The molecule has 4 aromatic rings. The second-order valence-electron chi connectivity index (χ2n) is 20.1. The van der Waals surface area contributed by atoms with Gasteiger partial charge in [-0.05, 0) is 104 Å². The van der Waals surface area contributed by atoms with E-state index in [1.807, 2.05) is 106 Å². The Morgan fingerprint density at radius 1 is 0.453 bits per heavy atom. The third-order valence-corrected chi connectivity index (χ3v) is 27.5. The quantitative estimate of drug-likeness (QED) is 0.0227. The molecule has 0 N–H and O–H groups in total. The minimum absolute atomic E-state index is 0.316. The molecule has 1 aliphatic rings. The SMILES string of the molecule is C=C(C)C(=O)OCCC[Si](C)(OC)OC.C=C(C)C(=O)OCCC[Si](OC)(OC)OC.C=Cc1ccc([Si](C)(C)OC)cc1.C=Cc1ccc([Si](C)(OC)OC)cc1.C=Cc1ccc([Si](OC)(OC)OC)cc1.C=Cc1ccc2c(c1)OC(C)(C)O2. The molecule has 0 spiro atoms. The van der Waals surface area contributed by atoms with Crippen LogP contribution in [0.15, 0.2) is 142 Å². The van der Waals surface area contributed by atoms with Gasteiger partial charge in [0.25, 0.3) is 0 Å². The molecular formula is C64H100O17Si5. The molecule has 478 valence electrons. The van der Waals surface area contributed by atoms with Crippen molar-refractivity contribution in [2.45, 2.75) is 84.6 Å². The van der Waals surface area contributed by atoms with Crippen molar-refractivity contribution in [1.29, 1.82) is 0 Å². The summed E-state index contributed by atoms with van der Waals surface area (Å²) in [4.78, 5) is 22.1. The number of fused-ring (bicyclic) bond motifs is 1. The minimum Gasteiger partial charge on any atom is -0.462 e. The molecule has 1 heterocycles. The Hall–Kier alpha value is -5.50. The van der Waals surface area contributed by atoms with Gasteiger partial charge < -0.3 is 67.6 Å². The summed E-state index contributed by atoms with van der Waals surface area (Å²) in [5.74, 6) is 0.341. The molecule has 1 aliphatic heterocycles. The first-order valence-electron chi connectivity index (χ1n) is 27.6. The van der Waals surface area contributed by atoms with Gasteiger partial charge in [-0.3, -0.25) is 0 Å². The molecular weight excluding hydrogens is 1180 g/mol. The molecule has 0 aromatic heterocycles. The van der Waals surface area contributed by atoms with Crippen molar-refractivity contribution in [2.24, 2.45) is 0 Å². The van der Waals surface area contributed by atoms with E-state index in [0.29, 0.717) is 36.8 Å². The maximum absolute atomic E-state index is 11.1. The zero-order valence-electron chi connectivity index (χ0n) is 54.9. The van der Waals surface area contributed by atoms with Crippen LogP contribution in [0.1, 0.15) is 62.8 Å². The monoisotopic (exact) mass is 1280 g/mol. The zero-order valence-corrected chi connectivity index (χ0v) is 59.9. The fourth-order valence-corrected chi connectivity index (χ4v) is 14.7. The Balaban J connectivity index is 0.00000101. The van der Waals surface area contributed by atoms with E-state index in [0.717, 1.165) is 56.6 Å². The van der Waals surface area contributed by atoms with Crippen molar-refractivity contribution in [3.63, 3.8) is 0 Å².